The number of nitrogens with two attached hydrogens (primary N) is 1. The van der Waals surface area contributed by atoms with Gasteiger partial charge >= 0.3 is 6.09 Å². The van der Waals surface area contributed by atoms with Gasteiger partial charge in [0.15, 0.2) is 5.82 Å². The number of carbonyl (C=O) groups is 2. The number of aromatic hydroxyl groups is 1. The summed E-state index contributed by atoms with van der Waals surface area (Å²) in [6, 6.07) is 18.9. The molecule has 228 valence electrons. The monoisotopic (exact) mass is 586 g/mol. The second-order valence-corrected chi connectivity index (χ2v) is 12.6. The fourth-order valence-corrected chi connectivity index (χ4v) is 6.05. The largest absolute Gasteiger partial charge is 0.507 e. The van der Waals surface area contributed by atoms with Gasteiger partial charge in [0.2, 0.25) is 5.91 Å². The van der Waals surface area contributed by atoms with Crippen LogP contribution in [0.4, 0.5) is 16.3 Å². The second-order valence-electron chi connectivity index (χ2n) is 12.6. The predicted molar refractivity (Wildman–Crippen MR) is 167 cm³/mol. The molecule has 0 unspecified atom stereocenters. The first-order valence-electron chi connectivity index (χ1n) is 15.0. The molecule has 2 saturated heterocycles. The molecule has 0 saturated carbocycles. The zero-order chi connectivity index (χ0) is 30.6. The van der Waals surface area contributed by atoms with Crippen molar-refractivity contribution in [3.05, 3.63) is 66.2 Å². The zero-order valence-electron chi connectivity index (χ0n) is 25.3. The van der Waals surface area contributed by atoms with E-state index in [1.165, 1.54) is 0 Å². The van der Waals surface area contributed by atoms with E-state index in [0.29, 0.717) is 68.6 Å². The molecule has 2 amide bonds. The summed E-state index contributed by atoms with van der Waals surface area (Å²) >= 11 is 0. The van der Waals surface area contributed by atoms with Crippen LogP contribution in [0.25, 0.3) is 11.3 Å². The highest BCUT2D eigenvalue weighted by Crippen LogP contribution is 2.39. The van der Waals surface area contributed by atoms with Gasteiger partial charge in [-0.05, 0) is 76.1 Å². The van der Waals surface area contributed by atoms with Crippen LogP contribution >= 0.6 is 0 Å². The summed E-state index contributed by atoms with van der Waals surface area (Å²) in [6.45, 7) is 8.64. The van der Waals surface area contributed by atoms with Crippen molar-refractivity contribution in [2.24, 2.45) is 5.92 Å². The van der Waals surface area contributed by atoms with Gasteiger partial charge in [-0.25, -0.2) is 4.79 Å². The van der Waals surface area contributed by atoms with E-state index in [9.17, 15) is 14.7 Å². The van der Waals surface area contributed by atoms with E-state index < -0.39 is 11.0 Å². The van der Waals surface area contributed by atoms with Gasteiger partial charge < -0.3 is 30.7 Å². The van der Waals surface area contributed by atoms with E-state index in [0.717, 1.165) is 24.1 Å². The molecule has 2 aliphatic heterocycles. The Bertz CT molecular complexity index is 1420. The first kappa shape index (κ1) is 30.1. The minimum absolute atomic E-state index is 0.0312. The average molecular weight is 587 g/mol. The summed E-state index contributed by atoms with van der Waals surface area (Å²) in [4.78, 5) is 30.3. The lowest BCUT2D eigenvalue weighted by Crippen LogP contribution is -2.53. The fourth-order valence-electron chi connectivity index (χ4n) is 6.05. The number of phenols is 1. The third kappa shape index (κ3) is 6.84. The first-order valence-corrected chi connectivity index (χ1v) is 15.0. The Morgan fingerprint density at radius 2 is 1.65 bits per heavy atom. The van der Waals surface area contributed by atoms with Crippen molar-refractivity contribution in [3.8, 4) is 17.0 Å². The highest BCUT2D eigenvalue weighted by Gasteiger charge is 2.43. The van der Waals surface area contributed by atoms with Crippen LogP contribution in [0.15, 0.2) is 60.7 Å². The van der Waals surface area contributed by atoms with Gasteiger partial charge in [-0.1, -0.05) is 42.5 Å². The molecule has 0 radical (unpaired) electrons. The molecule has 1 aromatic heterocycles. The third-order valence-corrected chi connectivity index (χ3v) is 8.52. The van der Waals surface area contributed by atoms with Crippen LogP contribution in [-0.2, 0) is 14.9 Å². The van der Waals surface area contributed by atoms with Crippen LogP contribution in [-0.4, -0.2) is 70.5 Å². The maximum atomic E-state index is 14.0. The van der Waals surface area contributed by atoms with Crippen molar-refractivity contribution < 1.29 is 19.4 Å². The van der Waals surface area contributed by atoms with Crippen molar-refractivity contribution in [1.29, 1.82) is 0 Å². The topological polar surface area (TPSA) is 134 Å². The first-order chi connectivity index (χ1) is 20.6. The maximum Gasteiger partial charge on any atom is 0.410 e. The summed E-state index contributed by atoms with van der Waals surface area (Å²) in [6.07, 6.45) is 2.57. The van der Waals surface area contributed by atoms with Gasteiger partial charge in [0, 0.05) is 38.3 Å². The van der Waals surface area contributed by atoms with Crippen molar-refractivity contribution in [2.45, 2.75) is 57.5 Å². The molecular formula is C33H42N6O4. The summed E-state index contributed by atoms with van der Waals surface area (Å²) in [5.74, 6) is 0.768. The number of piperidine rings is 2. The highest BCUT2D eigenvalue weighted by atomic mass is 16.6. The van der Waals surface area contributed by atoms with E-state index in [1.807, 2.05) is 63.2 Å². The van der Waals surface area contributed by atoms with E-state index in [2.05, 4.69) is 20.4 Å². The number of hydrogen-bond acceptors (Lipinski definition) is 8. The number of phenolic OH excluding ortho intramolecular Hbond substituents is 1. The van der Waals surface area contributed by atoms with Gasteiger partial charge in [-0.3, -0.25) is 4.79 Å². The summed E-state index contributed by atoms with van der Waals surface area (Å²) in [5, 5.41) is 22.0. The van der Waals surface area contributed by atoms with E-state index in [-0.39, 0.29) is 17.7 Å². The van der Waals surface area contributed by atoms with Gasteiger partial charge in [0.05, 0.1) is 16.8 Å². The molecule has 0 bridgehead atoms. The average Bonchev–Trinajstić information content (AvgIpc) is 3.00. The van der Waals surface area contributed by atoms with E-state index >= 15 is 0 Å². The van der Waals surface area contributed by atoms with Crippen molar-refractivity contribution in [2.75, 3.05) is 43.4 Å². The summed E-state index contributed by atoms with van der Waals surface area (Å²) in [5.41, 5.74) is 7.95. The number of likely N-dealkylation sites (tertiary alicyclic amines) is 1. The predicted octanol–water partition coefficient (Wildman–Crippen LogP) is 4.73. The Morgan fingerprint density at radius 1 is 1.00 bits per heavy atom. The normalized spacial score (nSPS) is 17.4. The number of amides is 2. The lowest BCUT2D eigenvalue weighted by atomic mass is 9.71. The number of ether oxygens (including phenoxy) is 1. The SMILES string of the molecule is CC(C)(C)OC(=O)N1CCC(CNC(=O)C2(c3ccccc3)CCN(c3cc(-c4ccccc4O)nnc3N)CC2)CC1. The minimum atomic E-state index is -0.676. The Morgan fingerprint density at radius 3 is 2.30 bits per heavy atom. The van der Waals surface area contributed by atoms with Crippen LogP contribution in [0.5, 0.6) is 5.75 Å². The molecule has 10 nitrogen and oxygen atoms in total. The molecule has 2 fully saturated rings. The third-order valence-electron chi connectivity index (χ3n) is 8.52. The summed E-state index contributed by atoms with van der Waals surface area (Å²) < 4.78 is 5.52. The molecule has 0 atom stereocenters. The lowest BCUT2D eigenvalue weighted by molar-refractivity contribution is -0.128. The number of hydrogen-bond donors (Lipinski definition) is 3. The number of carbonyl (C=O) groups excluding carboxylic acids is 2. The highest BCUT2D eigenvalue weighted by molar-refractivity contribution is 5.89. The Labute approximate surface area is 253 Å². The van der Waals surface area contributed by atoms with Crippen LogP contribution in [0.2, 0.25) is 0 Å². The zero-order valence-corrected chi connectivity index (χ0v) is 25.3. The Balaban J connectivity index is 1.25. The number of anilines is 2. The minimum Gasteiger partial charge on any atom is -0.507 e. The van der Waals surface area contributed by atoms with Crippen molar-refractivity contribution in [1.82, 2.24) is 20.4 Å². The maximum absolute atomic E-state index is 14.0. The van der Waals surface area contributed by atoms with Gasteiger partial charge in [-0.15, -0.1) is 10.2 Å². The number of benzene rings is 2. The number of nitrogens with one attached hydrogen (secondary N) is 1. The van der Waals surface area contributed by atoms with E-state index in [4.69, 9.17) is 10.5 Å². The van der Waals surface area contributed by atoms with Gasteiger partial charge in [-0.2, -0.15) is 0 Å². The summed E-state index contributed by atoms with van der Waals surface area (Å²) in [7, 11) is 0. The molecule has 0 aliphatic carbocycles. The smallest absolute Gasteiger partial charge is 0.410 e. The van der Waals surface area contributed by atoms with Crippen LogP contribution < -0.4 is 16.0 Å². The van der Waals surface area contributed by atoms with Crippen LogP contribution in [0.3, 0.4) is 0 Å². The number of aromatic nitrogens is 2. The molecule has 4 N–H and O–H groups in total. The standard InChI is InChI=1S/C33H42N6O4/c1-32(2,3)43-31(42)39-17-13-23(14-18-39)22-35-30(41)33(24-9-5-4-6-10-24)15-19-38(20-16-33)27-21-26(36-37-29(27)34)25-11-7-8-12-28(25)40/h4-12,21,23,40H,13-20,22H2,1-3H3,(H2,34,37)(H,35,41). The fraction of sp³-hybridized carbons (Fsp3) is 0.455. The number of nitrogen functional groups attached to an aromatic ring is 1. The Kier molecular flexibility index (Phi) is 8.75. The molecule has 2 aromatic carbocycles. The van der Waals surface area contributed by atoms with E-state index in [1.54, 1.807) is 23.1 Å². The lowest BCUT2D eigenvalue weighted by Gasteiger charge is -2.42. The number of rotatable bonds is 6. The molecular weight excluding hydrogens is 544 g/mol. The molecule has 2 aliphatic rings. The molecule has 3 aromatic rings. The molecule has 43 heavy (non-hydrogen) atoms. The Hall–Kier alpha value is -4.34. The number of para-hydroxylation sites is 1. The second kappa shape index (κ2) is 12.5. The number of nitrogens with zero attached hydrogens (tertiary/aromatic N) is 4. The molecule has 5 rings (SSSR count). The molecule has 3 heterocycles. The van der Waals surface area contributed by atoms with Crippen molar-refractivity contribution in [3.63, 3.8) is 0 Å². The van der Waals surface area contributed by atoms with Crippen LogP contribution in [0, 0.1) is 5.92 Å². The van der Waals surface area contributed by atoms with Gasteiger partial charge in [0.25, 0.3) is 0 Å². The van der Waals surface area contributed by atoms with Gasteiger partial charge in [0.1, 0.15) is 11.4 Å². The molecule has 10 heteroatoms. The quantitative estimate of drug-likeness (QED) is 0.377. The van der Waals surface area contributed by atoms with Crippen molar-refractivity contribution >= 4 is 23.5 Å². The molecule has 0 spiro atoms. The van der Waals surface area contributed by atoms with Crippen LogP contribution in [0.1, 0.15) is 52.0 Å².